The second kappa shape index (κ2) is 10.5. The van der Waals surface area contributed by atoms with Crippen molar-refractivity contribution in [2.75, 3.05) is 37.5 Å². The van der Waals surface area contributed by atoms with Crippen molar-refractivity contribution in [2.24, 2.45) is 11.8 Å². The molecule has 39 heavy (non-hydrogen) atoms. The number of aryl methyl sites for hydroxylation is 1. The molecule has 0 saturated heterocycles. The standard InChI is InChI=1S/C31H37ClN2O4S/c1-37-28-7-3-4-15-39(2,36)33-30(35)22-9-13-29-27(17-22)34(18-23-8-11-25(23)28)19-31(20-38-29)14-5-6-21-16-24(32)10-12-26(21)31/h3,7,9-10,12-13,16-17,23,25,28H,2,4-6,8,11,14-15,18-20H2,1H3,(H,33,35,36)/b7-3+/t23-,25+,28+,31-,39?/m0/s1. The van der Waals surface area contributed by atoms with E-state index in [2.05, 4.69) is 33.7 Å². The third-order valence-electron chi connectivity index (χ3n) is 9.14. The number of rotatable bonds is 1. The number of benzene rings is 2. The molecule has 4 aliphatic rings. The summed E-state index contributed by atoms with van der Waals surface area (Å²) in [6.45, 7) is 2.22. The zero-order valence-corrected chi connectivity index (χ0v) is 24.1. The number of fused-ring (bicyclic) bond motifs is 4. The summed E-state index contributed by atoms with van der Waals surface area (Å²) in [5.41, 5.74) is 3.83. The van der Waals surface area contributed by atoms with Crippen LogP contribution in [0.4, 0.5) is 5.69 Å². The molecule has 2 aromatic rings. The molecule has 0 aromatic heterocycles. The summed E-state index contributed by atoms with van der Waals surface area (Å²) in [6, 6.07) is 11.9. The number of allylic oxidation sites excluding steroid dienone is 1. The van der Waals surface area contributed by atoms with Crippen LogP contribution in [0.3, 0.4) is 0 Å². The number of ether oxygens (including phenoxy) is 2. The topological polar surface area (TPSA) is 67.9 Å². The Morgan fingerprint density at radius 3 is 2.90 bits per heavy atom. The summed E-state index contributed by atoms with van der Waals surface area (Å²) in [7, 11) is -1.02. The average molecular weight is 569 g/mol. The predicted molar refractivity (Wildman–Crippen MR) is 159 cm³/mol. The van der Waals surface area contributed by atoms with E-state index in [0.29, 0.717) is 30.4 Å². The van der Waals surface area contributed by atoms with Crippen molar-refractivity contribution in [1.29, 1.82) is 0 Å². The highest BCUT2D eigenvalue weighted by Gasteiger charge is 2.44. The molecule has 0 radical (unpaired) electrons. The summed E-state index contributed by atoms with van der Waals surface area (Å²) in [4.78, 5) is 15.7. The van der Waals surface area contributed by atoms with Crippen LogP contribution in [0.25, 0.3) is 0 Å². The highest BCUT2D eigenvalue weighted by Crippen LogP contribution is 2.47. The molecule has 6 nitrogen and oxygen atoms in total. The van der Waals surface area contributed by atoms with Gasteiger partial charge in [0.05, 0.1) is 18.4 Å². The van der Waals surface area contributed by atoms with Gasteiger partial charge in [0.2, 0.25) is 0 Å². The maximum absolute atomic E-state index is 13.2. The van der Waals surface area contributed by atoms with E-state index in [-0.39, 0.29) is 23.2 Å². The van der Waals surface area contributed by atoms with Gasteiger partial charge in [-0.05, 0) is 97.7 Å². The Labute approximate surface area is 236 Å². The van der Waals surface area contributed by atoms with Gasteiger partial charge < -0.3 is 14.4 Å². The molecule has 1 unspecified atom stereocenters. The molecule has 5 atom stereocenters. The summed E-state index contributed by atoms with van der Waals surface area (Å²) in [5, 5.41) is 0.770. The monoisotopic (exact) mass is 568 g/mol. The van der Waals surface area contributed by atoms with Crippen LogP contribution in [0.1, 0.15) is 53.6 Å². The summed E-state index contributed by atoms with van der Waals surface area (Å²) >= 11 is 6.39. The van der Waals surface area contributed by atoms with Crippen molar-refractivity contribution < 1.29 is 18.5 Å². The molecule has 6 rings (SSSR count). The van der Waals surface area contributed by atoms with Crippen LogP contribution in [-0.4, -0.2) is 54.6 Å². The Hall–Kier alpha value is -2.48. The fourth-order valence-corrected chi connectivity index (χ4v) is 8.23. The number of methoxy groups -OCH3 is 1. The zero-order valence-electron chi connectivity index (χ0n) is 22.5. The molecular weight excluding hydrogens is 532 g/mol. The van der Waals surface area contributed by atoms with E-state index in [1.807, 2.05) is 24.3 Å². The minimum absolute atomic E-state index is 0.00452. The molecular formula is C31H37ClN2O4S. The highest BCUT2D eigenvalue weighted by molar-refractivity contribution is 7.99. The summed E-state index contributed by atoms with van der Waals surface area (Å²) < 4.78 is 28.3. The molecule has 2 heterocycles. The largest absolute Gasteiger partial charge is 0.490 e. The van der Waals surface area contributed by atoms with Crippen molar-refractivity contribution in [1.82, 2.24) is 4.72 Å². The minimum atomic E-state index is -2.78. The van der Waals surface area contributed by atoms with Crippen molar-refractivity contribution in [3.63, 3.8) is 0 Å². The molecule has 208 valence electrons. The Morgan fingerprint density at radius 2 is 2.10 bits per heavy atom. The Bertz CT molecular complexity index is 1410. The smallest absolute Gasteiger partial charge is 0.262 e. The maximum atomic E-state index is 13.2. The van der Waals surface area contributed by atoms with Gasteiger partial charge in [0, 0.05) is 51.7 Å². The van der Waals surface area contributed by atoms with Crippen molar-refractivity contribution in [2.45, 2.75) is 50.0 Å². The SMILES string of the molecule is C=S1(=O)CC/C=C/[C@@H](OC)[C@@H]2CC[C@H]2CN2C[C@@]3(CCCc4cc(Cl)ccc43)COc3ccc(cc32)C(=O)N1. The van der Waals surface area contributed by atoms with E-state index in [0.717, 1.165) is 61.7 Å². The van der Waals surface area contributed by atoms with Crippen LogP contribution in [0.5, 0.6) is 5.75 Å². The molecule has 2 aromatic carbocycles. The molecule has 2 aliphatic heterocycles. The first-order chi connectivity index (χ1) is 18.8. The number of hydrogen-bond acceptors (Lipinski definition) is 5. The van der Waals surface area contributed by atoms with Crippen LogP contribution >= 0.6 is 11.6 Å². The van der Waals surface area contributed by atoms with Crippen LogP contribution < -0.4 is 14.4 Å². The lowest BCUT2D eigenvalue weighted by Crippen LogP contribution is -2.49. The van der Waals surface area contributed by atoms with E-state index in [4.69, 9.17) is 21.1 Å². The minimum Gasteiger partial charge on any atom is -0.490 e. The number of carbonyl (C=O) groups is 1. The molecule has 1 spiro atoms. The molecule has 8 heteroatoms. The van der Waals surface area contributed by atoms with Gasteiger partial charge in [0.1, 0.15) is 5.75 Å². The van der Waals surface area contributed by atoms with Crippen LogP contribution in [0.2, 0.25) is 5.02 Å². The molecule has 2 aliphatic carbocycles. The normalized spacial score (nSPS) is 33.2. The third-order valence-corrected chi connectivity index (χ3v) is 10.8. The van der Waals surface area contributed by atoms with Gasteiger partial charge in [-0.3, -0.25) is 9.52 Å². The fraction of sp³-hybridized carbons (Fsp3) is 0.484. The van der Waals surface area contributed by atoms with E-state index < -0.39 is 9.71 Å². The Balaban J connectivity index is 1.43. The molecule has 1 N–H and O–H groups in total. The van der Waals surface area contributed by atoms with E-state index in [9.17, 15) is 9.00 Å². The van der Waals surface area contributed by atoms with Crippen molar-refractivity contribution in [3.05, 3.63) is 70.3 Å². The first kappa shape index (κ1) is 26.7. The number of amides is 1. The average Bonchev–Trinajstić information content (AvgIpc) is 3.04. The fourth-order valence-electron chi connectivity index (χ4n) is 6.96. The lowest BCUT2D eigenvalue weighted by Gasteiger charge is -2.46. The maximum Gasteiger partial charge on any atom is 0.262 e. The summed E-state index contributed by atoms with van der Waals surface area (Å²) in [6.07, 6.45) is 10.1. The number of hydrogen-bond donors (Lipinski definition) is 1. The Kier molecular flexibility index (Phi) is 7.19. The van der Waals surface area contributed by atoms with Gasteiger partial charge in [0.15, 0.2) is 0 Å². The van der Waals surface area contributed by atoms with Gasteiger partial charge in [-0.1, -0.05) is 29.8 Å². The van der Waals surface area contributed by atoms with Gasteiger partial charge in [-0.2, -0.15) is 0 Å². The molecule has 2 bridgehead atoms. The van der Waals surface area contributed by atoms with Crippen LogP contribution in [0, 0.1) is 11.8 Å². The number of anilines is 1. The Morgan fingerprint density at radius 1 is 1.23 bits per heavy atom. The number of carbonyl (C=O) groups excluding carboxylic acids is 1. The highest BCUT2D eigenvalue weighted by atomic mass is 35.5. The molecule has 1 fully saturated rings. The van der Waals surface area contributed by atoms with Crippen molar-refractivity contribution >= 4 is 38.8 Å². The van der Waals surface area contributed by atoms with Crippen LogP contribution in [-0.2, 0) is 26.3 Å². The van der Waals surface area contributed by atoms with Crippen LogP contribution in [0.15, 0.2) is 48.6 Å². The van der Waals surface area contributed by atoms with Crippen molar-refractivity contribution in [3.8, 4) is 5.75 Å². The predicted octanol–water partition coefficient (Wildman–Crippen LogP) is 5.18. The lowest BCUT2D eigenvalue weighted by atomic mass is 9.68. The first-order valence-corrected chi connectivity index (χ1v) is 16.2. The van der Waals surface area contributed by atoms with E-state index in [1.165, 1.54) is 11.1 Å². The molecule has 1 amide bonds. The van der Waals surface area contributed by atoms with Gasteiger partial charge in [-0.25, -0.2) is 4.21 Å². The quantitative estimate of drug-likeness (QED) is 0.379. The number of halogens is 1. The van der Waals surface area contributed by atoms with Gasteiger partial charge >= 0.3 is 0 Å². The van der Waals surface area contributed by atoms with E-state index >= 15 is 0 Å². The van der Waals surface area contributed by atoms with E-state index in [1.54, 1.807) is 13.2 Å². The number of nitrogens with one attached hydrogen (secondary N) is 1. The second-order valence-electron chi connectivity index (χ2n) is 11.7. The zero-order chi connectivity index (χ0) is 27.2. The first-order valence-electron chi connectivity index (χ1n) is 13.9. The summed E-state index contributed by atoms with van der Waals surface area (Å²) in [5.74, 6) is 5.39. The third kappa shape index (κ3) is 5.21. The van der Waals surface area contributed by atoms with Gasteiger partial charge in [-0.15, -0.1) is 0 Å². The van der Waals surface area contributed by atoms with Gasteiger partial charge in [0.25, 0.3) is 5.91 Å². The second-order valence-corrected chi connectivity index (χ2v) is 14.3. The molecule has 1 saturated carbocycles. The number of nitrogens with zero attached hydrogens (tertiary/aromatic N) is 1. The lowest BCUT2D eigenvalue weighted by molar-refractivity contribution is 0.0132.